The van der Waals surface area contributed by atoms with E-state index in [1.165, 1.54) is 43.2 Å². The average molecular weight is 457 g/mol. The maximum atomic E-state index is 6.14. The lowest BCUT2D eigenvalue weighted by Gasteiger charge is -2.31. The molecule has 0 amide bonds. The fraction of sp³-hybridized carbons (Fsp3) is 0.632. The second-order valence-corrected chi connectivity index (χ2v) is 7.21. The number of rotatable bonds is 3. The minimum Gasteiger partial charge on any atom is -0.370 e. The topological polar surface area (TPSA) is 68.9 Å². The van der Waals surface area contributed by atoms with Gasteiger partial charge in [-0.05, 0) is 55.4 Å². The van der Waals surface area contributed by atoms with Crippen LogP contribution in [0.25, 0.3) is 0 Å². The number of nitrogens with one attached hydrogen (secondary N) is 1. The van der Waals surface area contributed by atoms with Gasteiger partial charge in [-0.15, -0.1) is 24.0 Å². The van der Waals surface area contributed by atoms with Crippen molar-refractivity contribution in [2.75, 3.05) is 18.5 Å². The number of halogens is 1. The number of guanidine groups is 1. The van der Waals surface area contributed by atoms with Crippen molar-refractivity contribution >= 4 is 35.6 Å². The lowest BCUT2D eigenvalue weighted by Crippen LogP contribution is -2.34. The van der Waals surface area contributed by atoms with Gasteiger partial charge in [0, 0.05) is 18.5 Å². The summed E-state index contributed by atoms with van der Waals surface area (Å²) in [6, 6.07) is 6.47. The van der Waals surface area contributed by atoms with Crippen molar-refractivity contribution < 1.29 is 9.47 Å². The molecule has 1 unspecified atom stereocenters. The minimum atomic E-state index is -0.333. The van der Waals surface area contributed by atoms with Crippen LogP contribution in [0.1, 0.15) is 49.7 Å². The summed E-state index contributed by atoms with van der Waals surface area (Å²) < 4.78 is 12.1. The van der Waals surface area contributed by atoms with Gasteiger partial charge in [-0.1, -0.05) is 12.5 Å². The first kappa shape index (κ1) is 18.9. The summed E-state index contributed by atoms with van der Waals surface area (Å²) in [5.41, 5.74) is 9.95. The van der Waals surface area contributed by atoms with Crippen molar-refractivity contribution in [2.45, 2.75) is 63.3 Å². The van der Waals surface area contributed by atoms with E-state index < -0.39 is 0 Å². The molecule has 1 aromatic carbocycles. The number of nitrogens with two attached hydrogens (primary N) is 1. The molecule has 5 nitrogen and oxygen atoms in total. The molecule has 25 heavy (non-hydrogen) atoms. The zero-order chi connectivity index (χ0) is 16.4. The second kappa shape index (κ2) is 8.22. The van der Waals surface area contributed by atoms with Crippen molar-refractivity contribution in [1.29, 1.82) is 0 Å². The second-order valence-electron chi connectivity index (χ2n) is 7.21. The zero-order valence-electron chi connectivity index (χ0n) is 14.6. The van der Waals surface area contributed by atoms with Crippen LogP contribution in [0, 0.1) is 0 Å². The molecule has 3 N–H and O–H groups in total. The number of hydrogen-bond donors (Lipinski definition) is 2. The Hall–Kier alpha value is -0.860. The molecule has 3 aliphatic rings. The largest absolute Gasteiger partial charge is 0.370 e. The lowest BCUT2D eigenvalue weighted by atomic mass is 9.94. The number of nitrogens with zero attached hydrogens (tertiary/aromatic N) is 1. The molecule has 0 aromatic heterocycles. The van der Waals surface area contributed by atoms with E-state index in [2.05, 4.69) is 28.5 Å². The highest BCUT2D eigenvalue weighted by molar-refractivity contribution is 14.0. The summed E-state index contributed by atoms with van der Waals surface area (Å²) in [6.45, 7) is 1.17. The quantitative estimate of drug-likeness (QED) is 0.414. The van der Waals surface area contributed by atoms with Gasteiger partial charge in [-0.3, -0.25) is 4.99 Å². The Morgan fingerprint density at radius 2 is 1.96 bits per heavy atom. The molecule has 1 spiro atoms. The van der Waals surface area contributed by atoms with Crippen molar-refractivity contribution in [3.8, 4) is 0 Å². The van der Waals surface area contributed by atoms with Gasteiger partial charge in [-0.2, -0.15) is 0 Å². The van der Waals surface area contributed by atoms with E-state index in [1.807, 2.05) is 0 Å². The third-order valence-corrected chi connectivity index (χ3v) is 5.37. The Bertz CT molecular complexity index is 629. The highest BCUT2D eigenvalue weighted by atomic mass is 127. The van der Waals surface area contributed by atoms with Crippen LogP contribution in [-0.4, -0.2) is 31.0 Å². The number of fused-ring (bicyclic) bond motifs is 1. The predicted molar refractivity (Wildman–Crippen MR) is 111 cm³/mol. The van der Waals surface area contributed by atoms with Crippen LogP contribution in [0.3, 0.4) is 0 Å². The zero-order valence-corrected chi connectivity index (χ0v) is 17.0. The maximum absolute atomic E-state index is 6.14. The van der Waals surface area contributed by atoms with E-state index in [0.717, 1.165) is 24.9 Å². The molecule has 138 valence electrons. The lowest BCUT2D eigenvalue weighted by molar-refractivity contribution is -0.186. The first-order valence-electron chi connectivity index (χ1n) is 9.23. The number of benzene rings is 1. The minimum absolute atomic E-state index is 0. The molecule has 1 heterocycles. The Kier molecular flexibility index (Phi) is 6.22. The number of aliphatic imine (C=N–C) groups is 1. The van der Waals surface area contributed by atoms with Gasteiger partial charge in [0.1, 0.15) is 6.10 Å². The maximum Gasteiger partial charge on any atom is 0.193 e. The summed E-state index contributed by atoms with van der Waals surface area (Å²) in [6.07, 6.45) is 9.32. The van der Waals surface area contributed by atoms with E-state index in [4.69, 9.17) is 15.2 Å². The predicted octanol–water partition coefficient (Wildman–Crippen LogP) is 3.60. The summed E-state index contributed by atoms with van der Waals surface area (Å²) in [5.74, 6) is 0.113. The van der Waals surface area contributed by atoms with E-state index in [0.29, 0.717) is 19.1 Å². The van der Waals surface area contributed by atoms with Gasteiger partial charge < -0.3 is 20.5 Å². The Labute approximate surface area is 166 Å². The Morgan fingerprint density at radius 3 is 2.80 bits per heavy atom. The highest BCUT2D eigenvalue weighted by Gasteiger charge is 2.42. The molecule has 6 heteroatoms. The van der Waals surface area contributed by atoms with Gasteiger partial charge in [0.05, 0.1) is 13.2 Å². The van der Waals surface area contributed by atoms with Crippen molar-refractivity contribution in [3.05, 3.63) is 29.3 Å². The normalized spacial score (nSPS) is 24.8. The van der Waals surface area contributed by atoms with Crippen LogP contribution in [0.4, 0.5) is 5.69 Å². The SMILES string of the molecule is I.NC(=NCC1COC2(CCCCC2)O1)Nc1ccc2c(c1)CCC2. The first-order chi connectivity index (χ1) is 11.7. The summed E-state index contributed by atoms with van der Waals surface area (Å²) >= 11 is 0. The van der Waals surface area contributed by atoms with Crippen LogP contribution in [0.5, 0.6) is 0 Å². The van der Waals surface area contributed by atoms with E-state index in [-0.39, 0.29) is 35.9 Å². The molecule has 1 atom stereocenters. The molecular weight excluding hydrogens is 429 g/mol. The average Bonchev–Trinajstić information content (AvgIpc) is 3.21. The fourth-order valence-corrected chi connectivity index (χ4v) is 4.10. The molecule has 1 aromatic rings. The molecule has 0 radical (unpaired) electrons. The summed E-state index contributed by atoms with van der Waals surface area (Å²) in [4.78, 5) is 4.45. The van der Waals surface area contributed by atoms with Crippen molar-refractivity contribution in [2.24, 2.45) is 10.7 Å². The van der Waals surface area contributed by atoms with Gasteiger partial charge in [0.25, 0.3) is 0 Å². The van der Waals surface area contributed by atoms with Crippen LogP contribution in [0.2, 0.25) is 0 Å². The van der Waals surface area contributed by atoms with Crippen LogP contribution in [-0.2, 0) is 22.3 Å². The van der Waals surface area contributed by atoms with Gasteiger partial charge in [-0.25, -0.2) is 0 Å². The fourth-order valence-electron chi connectivity index (χ4n) is 4.10. The van der Waals surface area contributed by atoms with Crippen LogP contribution in [0.15, 0.2) is 23.2 Å². The standard InChI is InChI=1S/C19H27N3O2.HI/c20-18(22-16-8-7-14-5-4-6-15(14)11-16)21-12-17-13-23-19(24-17)9-2-1-3-10-19;/h7-8,11,17H,1-6,9-10,12-13H2,(H3,20,21,22);1H. The van der Waals surface area contributed by atoms with Crippen LogP contribution >= 0.6 is 24.0 Å². The van der Waals surface area contributed by atoms with Gasteiger partial charge in [0.15, 0.2) is 11.7 Å². The molecular formula is C19H28IN3O2. The Balaban J connectivity index is 0.00000182. The monoisotopic (exact) mass is 457 g/mol. The van der Waals surface area contributed by atoms with Crippen molar-refractivity contribution in [3.63, 3.8) is 0 Å². The van der Waals surface area contributed by atoms with E-state index in [9.17, 15) is 0 Å². The Morgan fingerprint density at radius 1 is 1.16 bits per heavy atom. The molecule has 2 fully saturated rings. The molecule has 1 saturated heterocycles. The summed E-state index contributed by atoms with van der Waals surface area (Å²) in [5, 5.41) is 3.20. The number of aryl methyl sites for hydroxylation is 2. The molecule has 1 saturated carbocycles. The van der Waals surface area contributed by atoms with Crippen LogP contribution < -0.4 is 11.1 Å². The number of ether oxygens (including phenoxy) is 2. The summed E-state index contributed by atoms with van der Waals surface area (Å²) in [7, 11) is 0. The van der Waals surface area contributed by atoms with Gasteiger partial charge >= 0.3 is 0 Å². The first-order valence-corrected chi connectivity index (χ1v) is 9.23. The van der Waals surface area contributed by atoms with Crippen molar-refractivity contribution in [1.82, 2.24) is 0 Å². The molecule has 1 aliphatic heterocycles. The number of anilines is 1. The highest BCUT2D eigenvalue weighted by Crippen LogP contribution is 2.37. The smallest absolute Gasteiger partial charge is 0.193 e. The third-order valence-electron chi connectivity index (χ3n) is 5.37. The molecule has 4 rings (SSSR count). The van der Waals surface area contributed by atoms with E-state index >= 15 is 0 Å². The number of hydrogen-bond acceptors (Lipinski definition) is 3. The third kappa shape index (κ3) is 4.46. The van der Waals surface area contributed by atoms with Gasteiger partial charge in [0.2, 0.25) is 0 Å². The van der Waals surface area contributed by atoms with E-state index in [1.54, 1.807) is 0 Å². The molecule has 2 aliphatic carbocycles. The molecule has 0 bridgehead atoms.